The zero-order chi connectivity index (χ0) is 22.7. The van der Waals surface area contributed by atoms with E-state index in [2.05, 4.69) is 0 Å². The Morgan fingerprint density at radius 1 is 1.20 bits per heavy atom. The lowest BCUT2D eigenvalue weighted by molar-refractivity contribution is -0.138. The Hall–Kier alpha value is -2.87. The molecule has 0 spiro atoms. The van der Waals surface area contributed by atoms with Crippen LogP contribution in [0.1, 0.15) is 5.56 Å². The van der Waals surface area contributed by atoms with E-state index in [0.717, 1.165) is 17.0 Å². The van der Waals surface area contributed by atoms with Crippen molar-refractivity contribution in [3.8, 4) is 0 Å². The number of alkyl halides is 6. The number of anilines is 2. The van der Waals surface area contributed by atoms with Crippen LogP contribution in [0, 0.1) is 0 Å². The average molecular weight is 442 g/mol. The zero-order valence-electron chi connectivity index (χ0n) is 15.1. The molecule has 1 aromatic rings. The van der Waals surface area contributed by atoms with E-state index in [-0.39, 0.29) is 13.2 Å². The predicted molar refractivity (Wildman–Crippen MR) is 90.3 cm³/mol. The molecule has 8 nitrogen and oxygen atoms in total. The molecule has 0 bridgehead atoms. The minimum absolute atomic E-state index is 0.0205. The Labute approximate surface area is 165 Å². The average Bonchev–Trinajstić information content (AvgIpc) is 2.60. The molecule has 30 heavy (non-hydrogen) atoms. The van der Waals surface area contributed by atoms with Gasteiger partial charge in [0, 0.05) is 12.2 Å². The Bertz CT molecular complexity index is 827. The van der Waals surface area contributed by atoms with Crippen LogP contribution in [0.4, 0.5) is 37.7 Å². The van der Waals surface area contributed by atoms with E-state index in [1.54, 1.807) is 5.32 Å². The lowest BCUT2D eigenvalue weighted by Gasteiger charge is -2.29. The van der Waals surface area contributed by atoms with Gasteiger partial charge in [-0.2, -0.15) is 26.3 Å². The number of nitrogens with zero attached hydrogens (tertiary/aromatic N) is 1. The molecule has 0 saturated carbocycles. The largest absolute Gasteiger partial charge is 0.418 e. The molecule has 0 aromatic heterocycles. The summed E-state index contributed by atoms with van der Waals surface area (Å²) in [6.45, 7) is -2.23. The van der Waals surface area contributed by atoms with Crippen LogP contribution in [0.3, 0.4) is 0 Å². The van der Waals surface area contributed by atoms with Crippen LogP contribution >= 0.6 is 0 Å². The Morgan fingerprint density at radius 3 is 2.40 bits per heavy atom. The van der Waals surface area contributed by atoms with Gasteiger partial charge in [-0.3, -0.25) is 19.7 Å². The van der Waals surface area contributed by atoms with Crippen molar-refractivity contribution < 1.29 is 45.5 Å². The first-order valence-electron chi connectivity index (χ1n) is 8.29. The highest BCUT2D eigenvalue weighted by Gasteiger charge is 2.38. The van der Waals surface area contributed by atoms with Gasteiger partial charge in [0.05, 0.1) is 24.4 Å². The lowest BCUT2D eigenvalue weighted by atomic mass is 10.1. The van der Waals surface area contributed by atoms with Gasteiger partial charge in [-0.25, -0.2) is 0 Å². The number of nitrogens with two attached hydrogens (primary N) is 1. The second-order valence-corrected chi connectivity index (χ2v) is 6.15. The second-order valence-electron chi connectivity index (χ2n) is 6.15. The summed E-state index contributed by atoms with van der Waals surface area (Å²) in [6.07, 6.45) is -9.68. The number of ether oxygens (including phenoxy) is 1. The SMILES string of the molecule is NC(=O)[C@H](NCC(F)(F)F)C(=O)Nc1ccc(N2CCOCC2=O)c(C(F)(F)F)c1. The summed E-state index contributed by atoms with van der Waals surface area (Å²) < 4.78 is 82.2. The molecule has 1 heterocycles. The van der Waals surface area contributed by atoms with Crippen molar-refractivity contribution in [2.24, 2.45) is 5.73 Å². The normalized spacial score (nSPS) is 16.3. The molecule has 3 amide bonds. The molecule has 166 valence electrons. The topological polar surface area (TPSA) is 114 Å². The first-order valence-corrected chi connectivity index (χ1v) is 8.29. The molecule has 0 radical (unpaired) electrons. The van der Waals surface area contributed by atoms with Crippen molar-refractivity contribution >= 4 is 29.1 Å². The van der Waals surface area contributed by atoms with E-state index in [4.69, 9.17) is 10.5 Å². The molecular formula is C16H16F6N4O4. The van der Waals surface area contributed by atoms with Gasteiger partial charge in [-0.1, -0.05) is 0 Å². The van der Waals surface area contributed by atoms with Gasteiger partial charge < -0.3 is 20.7 Å². The Morgan fingerprint density at radius 2 is 1.87 bits per heavy atom. The summed E-state index contributed by atoms with van der Waals surface area (Å²) in [5.41, 5.74) is 2.68. The smallest absolute Gasteiger partial charge is 0.370 e. The standard InChI is InChI=1S/C16H16F6N4O4/c17-15(18,19)7-24-12(13(23)28)14(29)25-8-1-2-10(9(5-8)16(20,21)22)26-3-4-30-6-11(26)27/h1-2,5,12,24H,3-4,6-7H2,(H2,23,28)(H,25,29)/t12-/m0/s1. The monoisotopic (exact) mass is 442 g/mol. The van der Waals surface area contributed by atoms with Gasteiger partial charge in [0.2, 0.25) is 5.91 Å². The minimum Gasteiger partial charge on any atom is -0.370 e. The van der Waals surface area contributed by atoms with Crippen LogP contribution in [0.15, 0.2) is 18.2 Å². The maximum Gasteiger partial charge on any atom is 0.418 e. The molecule has 1 aromatic carbocycles. The van der Waals surface area contributed by atoms with E-state index in [1.165, 1.54) is 0 Å². The number of carbonyl (C=O) groups is 3. The van der Waals surface area contributed by atoms with Crippen LogP contribution < -0.4 is 21.3 Å². The molecule has 0 unspecified atom stereocenters. The predicted octanol–water partition coefficient (Wildman–Crippen LogP) is 1.01. The van der Waals surface area contributed by atoms with Crippen molar-refractivity contribution in [2.75, 3.05) is 36.5 Å². The fraction of sp³-hybridized carbons (Fsp3) is 0.438. The highest BCUT2D eigenvalue weighted by molar-refractivity contribution is 6.09. The van der Waals surface area contributed by atoms with E-state index in [9.17, 15) is 40.7 Å². The Kier molecular flexibility index (Phi) is 6.92. The Balaban J connectivity index is 2.28. The van der Waals surface area contributed by atoms with Crippen molar-refractivity contribution in [2.45, 2.75) is 18.4 Å². The number of amides is 3. The molecule has 1 saturated heterocycles. The number of benzene rings is 1. The quantitative estimate of drug-likeness (QED) is 0.450. The van der Waals surface area contributed by atoms with E-state index in [0.29, 0.717) is 6.07 Å². The summed E-state index contributed by atoms with van der Waals surface area (Å²) in [4.78, 5) is 36.1. The highest BCUT2D eigenvalue weighted by atomic mass is 19.4. The van der Waals surface area contributed by atoms with Crippen LogP contribution in [0.2, 0.25) is 0 Å². The number of morpholine rings is 1. The first-order chi connectivity index (χ1) is 13.8. The van der Waals surface area contributed by atoms with E-state index in [1.807, 2.05) is 5.32 Å². The number of carbonyl (C=O) groups excluding carboxylic acids is 3. The van der Waals surface area contributed by atoms with Crippen LogP contribution in [0.5, 0.6) is 0 Å². The fourth-order valence-electron chi connectivity index (χ4n) is 2.60. The summed E-state index contributed by atoms with van der Waals surface area (Å²) in [5, 5.41) is 3.51. The molecule has 1 aliphatic heterocycles. The molecule has 14 heteroatoms. The third-order valence-corrected chi connectivity index (χ3v) is 3.90. The number of halogens is 6. The lowest BCUT2D eigenvalue weighted by Crippen LogP contribution is -2.52. The third kappa shape index (κ3) is 6.06. The van der Waals surface area contributed by atoms with Gasteiger partial charge in [-0.15, -0.1) is 0 Å². The third-order valence-electron chi connectivity index (χ3n) is 3.90. The summed E-state index contributed by atoms with van der Waals surface area (Å²) in [6, 6.07) is 0.288. The fourth-order valence-corrected chi connectivity index (χ4v) is 2.60. The van der Waals surface area contributed by atoms with Crippen molar-refractivity contribution in [3.63, 3.8) is 0 Å². The van der Waals surface area contributed by atoms with Gasteiger partial charge in [0.15, 0.2) is 6.04 Å². The molecule has 1 aliphatic rings. The van der Waals surface area contributed by atoms with Crippen molar-refractivity contribution in [1.82, 2.24) is 5.32 Å². The van der Waals surface area contributed by atoms with Crippen molar-refractivity contribution in [1.29, 1.82) is 0 Å². The summed E-state index contributed by atoms with van der Waals surface area (Å²) in [7, 11) is 0. The molecule has 4 N–H and O–H groups in total. The highest BCUT2D eigenvalue weighted by Crippen LogP contribution is 2.38. The maximum atomic E-state index is 13.5. The van der Waals surface area contributed by atoms with E-state index >= 15 is 0 Å². The first kappa shape index (κ1) is 23.4. The minimum atomic E-state index is -4.92. The van der Waals surface area contributed by atoms with Gasteiger partial charge >= 0.3 is 12.4 Å². The van der Waals surface area contributed by atoms with Crippen LogP contribution in [-0.2, 0) is 25.3 Å². The zero-order valence-corrected chi connectivity index (χ0v) is 15.1. The van der Waals surface area contributed by atoms with Crippen molar-refractivity contribution in [3.05, 3.63) is 23.8 Å². The molecule has 1 atom stereocenters. The van der Waals surface area contributed by atoms with Crippen LogP contribution in [-0.4, -0.2) is 56.2 Å². The number of nitrogens with one attached hydrogen (secondary N) is 2. The number of rotatable bonds is 6. The van der Waals surface area contributed by atoms with Gasteiger partial charge in [0.1, 0.15) is 6.61 Å². The number of primary amides is 1. The summed E-state index contributed by atoms with van der Waals surface area (Å²) >= 11 is 0. The number of hydrogen-bond acceptors (Lipinski definition) is 5. The van der Waals surface area contributed by atoms with E-state index < -0.39 is 66.2 Å². The maximum absolute atomic E-state index is 13.5. The second kappa shape index (κ2) is 8.87. The molecular weight excluding hydrogens is 426 g/mol. The van der Waals surface area contributed by atoms with Crippen LogP contribution in [0.25, 0.3) is 0 Å². The molecule has 2 rings (SSSR count). The molecule has 1 fully saturated rings. The molecule has 0 aliphatic carbocycles. The number of hydrogen-bond donors (Lipinski definition) is 3. The van der Waals surface area contributed by atoms with Gasteiger partial charge in [0.25, 0.3) is 11.8 Å². The van der Waals surface area contributed by atoms with Gasteiger partial charge in [-0.05, 0) is 18.2 Å². The summed E-state index contributed by atoms with van der Waals surface area (Å²) in [5.74, 6) is -3.54.